The first-order chi connectivity index (χ1) is 8.36. The van der Waals surface area contributed by atoms with Crippen molar-refractivity contribution in [1.29, 1.82) is 0 Å². The van der Waals surface area contributed by atoms with Crippen LogP contribution in [0.4, 0.5) is 0 Å². The number of nitrogens with zero attached hydrogens (tertiary/aromatic N) is 3. The Morgan fingerprint density at radius 2 is 2.12 bits per heavy atom. The smallest absolute Gasteiger partial charge is 0.0771 e. The minimum atomic E-state index is 0.464. The van der Waals surface area contributed by atoms with Crippen LogP contribution < -0.4 is 0 Å². The minimum Gasteiger partial charge on any atom is -0.381 e. The van der Waals surface area contributed by atoms with Gasteiger partial charge in [0.2, 0.25) is 0 Å². The Morgan fingerprint density at radius 3 is 2.71 bits per heavy atom. The summed E-state index contributed by atoms with van der Waals surface area (Å²) in [7, 11) is 1.84. The molecule has 4 nitrogen and oxygen atoms in total. The van der Waals surface area contributed by atoms with Crippen molar-refractivity contribution >= 4 is 0 Å². The number of piperidine rings is 1. The van der Waals surface area contributed by atoms with E-state index in [1.807, 2.05) is 13.2 Å². The van der Waals surface area contributed by atoms with Crippen LogP contribution in [-0.2, 0) is 11.3 Å². The van der Waals surface area contributed by atoms with Crippen LogP contribution in [-0.4, -0.2) is 40.4 Å². The Kier molecular flexibility index (Phi) is 3.07. The number of aromatic nitrogens is 2. The second-order valence-electron chi connectivity index (χ2n) is 5.10. The summed E-state index contributed by atoms with van der Waals surface area (Å²) < 4.78 is 5.52. The quantitative estimate of drug-likeness (QED) is 0.795. The largest absolute Gasteiger partial charge is 0.381 e. The van der Waals surface area contributed by atoms with Crippen LogP contribution in [0.15, 0.2) is 18.3 Å². The molecule has 17 heavy (non-hydrogen) atoms. The van der Waals surface area contributed by atoms with Crippen LogP contribution in [0.25, 0.3) is 0 Å². The molecular formula is C13H19N3O. The first kappa shape index (κ1) is 11.1. The molecule has 0 aromatic carbocycles. The highest BCUT2D eigenvalue weighted by atomic mass is 16.5. The van der Waals surface area contributed by atoms with Gasteiger partial charge in [0.25, 0.3) is 0 Å². The van der Waals surface area contributed by atoms with Gasteiger partial charge in [-0.15, -0.1) is 0 Å². The lowest BCUT2D eigenvalue weighted by Crippen LogP contribution is -2.44. The van der Waals surface area contributed by atoms with E-state index in [0.29, 0.717) is 18.2 Å². The summed E-state index contributed by atoms with van der Waals surface area (Å²) in [4.78, 5) is 2.60. The molecule has 0 amide bonds. The van der Waals surface area contributed by atoms with Gasteiger partial charge in [-0.05, 0) is 37.8 Å². The standard InChI is InChI=1S/C13H19N3O/c1-17-13-7-11-4-5-12(8-13)16(11)9-10-3-2-6-14-15-10/h2-3,6,11-13H,4-5,7-9H2,1H3. The van der Waals surface area contributed by atoms with E-state index in [4.69, 9.17) is 4.74 Å². The molecular weight excluding hydrogens is 214 g/mol. The van der Waals surface area contributed by atoms with E-state index in [1.54, 1.807) is 6.20 Å². The topological polar surface area (TPSA) is 38.2 Å². The zero-order valence-electron chi connectivity index (χ0n) is 10.2. The second-order valence-corrected chi connectivity index (χ2v) is 5.10. The number of methoxy groups -OCH3 is 1. The van der Waals surface area contributed by atoms with Gasteiger partial charge in [-0.1, -0.05) is 0 Å². The molecule has 4 heteroatoms. The molecule has 0 radical (unpaired) electrons. The molecule has 0 saturated carbocycles. The van der Waals surface area contributed by atoms with Crippen LogP contribution >= 0.6 is 0 Å². The molecule has 92 valence electrons. The average Bonchev–Trinajstić information content (AvgIpc) is 2.63. The van der Waals surface area contributed by atoms with Gasteiger partial charge in [0, 0.05) is 31.9 Å². The van der Waals surface area contributed by atoms with Crippen molar-refractivity contribution in [3.05, 3.63) is 24.0 Å². The third-order valence-electron chi connectivity index (χ3n) is 4.15. The molecule has 2 saturated heterocycles. The molecule has 2 bridgehead atoms. The average molecular weight is 233 g/mol. The van der Waals surface area contributed by atoms with E-state index < -0.39 is 0 Å². The summed E-state index contributed by atoms with van der Waals surface area (Å²) in [6.45, 7) is 0.944. The van der Waals surface area contributed by atoms with Gasteiger partial charge in [0.1, 0.15) is 0 Å². The van der Waals surface area contributed by atoms with E-state index in [2.05, 4.69) is 21.2 Å². The Hall–Kier alpha value is -1.00. The summed E-state index contributed by atoms with van der Waals surface area (Å²) in [5, 5.41) is 8.14. The van der Waals surface area contributed by atoms with Crippen LogP contribution in [0, 0.1) is 0 Å². The molecule has 2 aliphatic heterocycles. The summed E-state index contributed by atoms with van der Waals surface area (Å²) in [6, 6.07) is 5.39. The maximum Gasteiger partial charge on any atom is 0.0771 e. The Balaban J connectivity index is 1.69. The van der Waals surface area contributed by atoms with Gasteiger partial charge in [0.15, 0.2) is 0 Å². The molecule has 0 N–H and O–H groups in total. The Morgan fingerprint density at radius 1 is 1.35 bits per heavy atom. The second kappa shape index (κ2) is 4.70. The summed E-state index contributed by atoms with van der Waals surface area (Å²) in [6.07, 6.45) is 7.16. The fourth-order valence-corrected chi connectivity index (χ4v) is 3.28. The number of fused-ring (bicyclic) bond motifs is 2. The Bertz CT molecular complexity index is 356. The monoisotopic (exact) mass is 233 g/mol. The highest BCUT2D eigenvalue weighted by Crippen LogP contribution is 2.37. The van der Waals surface area contributed by atoms with Gasteiger partial charge in [0.05, 0.1) is 11.8 Å². The van der Waals surface area contributed by atoms with Crippen molar-refractivity contribution in [2.24, 2.45) is 0 Å². The van der Waals surface area contributed by atoms with Crippen molar-refractivity contribution in [2.45, 2.75) is 50.4 Å². The van der Waals surface area contributed by atoms with Gasteiger partial charge >= 0.3 is 0 Å². The lowest BCUT2D eigenvalue weighted by atomic mass is 9.99. The molecule has 2 unspecified atom stereocenters. The SMILES string of the molecule is COC1CC2CCC(C1)N2Cc1cccnn1. The third-order valence-corrected chi connectivity index (χ3v) is 4.15. The molecule has 2 aliphatic rings. The Labute approximate surface area is 102 Å². The van der Waals surface area contributed by atoms with Crippen molar-refractivity contribution in [1.82, 2.24) is 15.1 Å². The molecule has 3 heterocycles. The molecule has 2 atom stereocenters. The fourth-order valence-electron chi connectivity index (χ4n) is 3.28. The summed E-state index contributed by atoms with van der Waals surface area (Å²) in [5.41, 5.74) is 1.08. The van der Waals surface area contributed by atoms with Crippen molar-refractivity contribution in [3.8, 4) is 0 Å². The van der Waals surface area contributed by atoms with Gasteiger partial charge < -0.3 is 4.74 Å². The van der Waals surface area contributed by atoms with E-state index in [0.717, 1.165) is 12.2 Å². The number of hydrogen-bond acceptors (Lipinski definition) is 4. The molecule has 1 aromatic heterocycles. The van der Waals surface area contributed by atoms with Crippen LogP contribution in [0.1, 0.15) is 31.4 Å². The lowest BCUT2D eigenvalue weighted by molar-refractivity contribution is 0.00197. The predicted molar refractivity (Wildman–Crippen MR) is 64.4 cm³/mol. The number of ether oxygens (including phenoxy) is 1. The van der Waals surface area contributed by atoms with Crippen molar-refractivity contribution in [2.75, 3.05) is 7.11 Å². The highest BCUT2D eigenvalue weighted by Gasteiger charge is 2.40. The maximum absolute atomic E-state index is 5.52. The van der Waals surface area contributed by atoms with E-state index >= 15 is 0 Å². The normalized spacial score (nSPS) is 32.9. The molecule has 2 fully saturated rings. The van der Waals surface area contributed by atoms with Gasteiger partial charge in [-0.2, -0.15) is 10.2 Å². The molecule has 3 rings (SSSR count). The predicted octanol–water partition coefficient (Wildman–Crippen LogP) is 1.62. The van der Waals surface area contributed by atoms with Crippen LogP contribution in [0.5, 0.6) is 0 Å². The summed E-state index contributed by atoms with van der Waals surface area (Å²) >= 11 is 0. The van der Waals surface area contributed by atoms with Crippen LogP contribution in [0.3, 0.4) is 0 Å². The third kappa shape index (κ3) is 2.19. The van der Waals surface area contributed by atoms with E-state index in [-0.39, 0.29) is 0 Å². The first-order valence-electron chi connectivity index (χ1n) is 6.42. The molecule has 0 aliphatic carbocycles. The zero-order valence-corrected chi connectivity index (χ0v) is 10.2. The molecule has 1 aromatic rings. The highest BCUT2D eigenvalue weighted by molar-refractivity contribution is 5.03. The van der Waals surface area contributed by atoms with E-state index in [1.165, 1.54) is 25.7 Å². The zero-order chi connectivity index (χ0) is 11.7. The van der Waals surface area contributed by atoms with Crippen molar-refractivity contribution < 1.29 is 4.74 Å². The van der Waals surface area contributed by atoms with E-state index in [9.17, 15) is 0 Å². The fraction of sp³-hybridized carbons (Fsp3) is 0.692. The maximum atomic E-state index is 5.52. The molecule has 0 spiro atoms. The number of hydrogen-bond donors (Lipinski definition) is 0. The lowest BCUT2D eigenvalue weighted by Gasteiger charge is -2.38. The van der Waals surface area contributed by atoms with Gasteiger partial charge in [-0.25, -0.2) is 0 Å². The number of rotatable bonds is 3. The van der Waals surface area contributed by atoms with Crippen LogP contribution in [0.2, 0.25) is 0 Å². The minimum absolute atomic E-state index is 0.464. The summed E-state index contributed by atoms with van der Waals surface area (Å²) in [5.74, 6) is 0. The van der Waals surface area contributed by atoms with Gasteiger partial charge in [-0.3, -0.25) is 4.90 Å². The van der Waals surface area contributed by atoms with Crippen molar-refractivity contribution in [3.63, 3.8) is 0 Å². The first-order valence-corrected chi connectivity index (χ1v) is 6.42.